The zero-order chi connectivity index (χ0) is 19.7. The van der Waals surface area contributed by atoms with Crippen molar-refractivity contribution in [1.29, 1.82) is 0 Å². The third kappa shape index (κ3) is 3.67. The van der Waals surface area contributed by atoms with Gasteiger partial charge in [-0.25, -0.2) is 0 Å². The number of carbonyl (C=O) groups is 1. The zero-order valence-corrected chi connectivity index (χ0v) is 16.4. The monoisotopic (exact) mass is 390 g/mol. The fourth-order valence-electron chi connectivity index (χ4n) is 3.24. The van der Waals surface area contributed by atoms with E-state index < -0.39 is 0 Å². The maximum absolute atomic E-state index is 12.8. The van der Waals surface area contributed by atoms with Gasteiger partial charge in [-0.1, -0.05) is 48.0 Å². The molecule has 0 spiro atoms. The minimum absolute atomic E-state index is 0.127. The number of ketones is 1. The van der Waals surface area contributed by atoms with Gasteiger partial charge in [-0.3, -0.25) is 4.79 Å². The fraction of sp³-hybridized carbons (Fsp3) is 0.125. The molecule has 28 heavy (non-hydrogen) atoms. The maximum atomic E-state index is 12.8. The van der Waals surface area contributed by atoms with Crippen LogP contribution in [0, 0.1) is 13.8 Å². The van der Waals surface area contributed by atoms with E-state index in [9.17, 15) is 4.79 Å². The zero-order valence-electron chi connectivity index (χ0n) is 15.7. The molecule has 0 N–H and O–H groups in total. The van der Waals surface area contributed by atoms with E-state index in [4.69, 9.17) is 21.1 Å². The van der Waals surface area contributed by atoms with Gasteiger partial charge in [0.25, 0.3) is 0 Å². The van der Waals surface area contributed by atoms with Crippen LogP contribution in [0.3, 0.4) is 0 Å². The van der Waals surface area contributed by atoms with E-state index >= 15 is 0 Å². The van der Waals surface area contributed by atoms with Crippen LogP contribution < -0.4 is 9.47 Å². The fourth-order valence-corrected chi connectivity index (χ4v) is 3.44. The molecule has 0 amide bonds. The average molecular weight is 391 g/mol. The Morgan fingerprint density at radius 3 is 2.61 bits per heavy atom. The number of benzene rings is 3. The molecule has 4 rings (SSSR count). The third-order valence-electron chi connectivity index (χ3n) is 4.75. The van der Waals surface area contributed by atoms with Crippen LogP contribution in [0.25, 0.3) is 6.08 Å². The molecule has 3 aromatic carbocycles. The number of hydrogen-bond donors (Lipinski definition) is 0. The predicted molar refractivity (Wildman–Crippen MR) is 111 cm³/mol. The SMILES string of the molecule is Cc1ccccc1COc1cc(C)c2c(c1)O/C(=C\c1cccc(Cl)c1)C2=O. The number of allylic oxidation sites excluding steroid dienone is 1. The highest BCUT2D eigenvalue weighted by molar-refractivity contribution is 6.30. The second kappa shape index (κ2) is 7.53. The van der Waals surface area contributed by atoms with Gasteiger partial charge in [0, 0.05) is 11.1 Å². The second-order valence-electron chi connectivity index (χ2n) is 6.82. The molecule has 140 valence electrons. The van der Waals surface area contributed by atoms with Crippen LogP contribution in [0.2, 0.25) is 5.02 Å². The van der Waals surface area contributed by atoms with Crippen molar-refractivity contribution in [2.45, 2.75) is 20.5 Å². The number of ether oxygens (including phenoxy) is 2. The van der Waals surface area contributed by atoms with Crippen LogP contribution in [0.15, 0.2) is 66.4 Å². The minimum Gasteiger partial charge on any atom is -0.489 e. The predicted octanol–water partition coefficient (Wildman–Crippen LogP) is 6.15. The smallest absolute Gasteiger partial charge is 0.232 e. The van der Waals surface area contributed by atoms with Crippen molar-refractivity contribution in [3.63, 3.8) is 0 Å². The summed E-state index contributed by atoms with van der Waals surface area (Å²) in [5, 5.41) is 0.611. The van der Waals surface area contributed by atoms with E-state index in [1.54, 1.807) is 24.3 Å². The first-order valence-electron chi connectivity index (χ1n) is 9.03. The lowest BCUT2D eigenvalue weighted by atomic mass is 10.0. The van der Waals surface area contributed by atoms with Gasteiger partial charge in [-0.05, 0) is 60.4 Å². The Morgan fingerprint density at radius 1 is 1.00 bits per heavy atom. The van der Waals surface area contributed by atoms with Gasteiger partial charge in [0.1, 0.15) is 18.1 Å². The normalized spacial score (nSPS) is 14.1. The lowest BCUT2D eigenvalue weighted by Gasteiger charge is -2.10. The van der Waals surface area contributed by atoms with Crippen molar-refractivity contribution in [2.24, 2.45) is 0 Å². The number of fused-ring (bicyclic) bond motifs is 1. The van der Waals surface area contributed by atoms with Crippen LogP contribution in [0.4, 0.5) is 0 Å². The number of aryl methyl sites for hydroxylation is 2. The average Bonchev–Trinajstić information content (AvgIpc) is 2.97. The van der Waals surface area contributed by atoms with Crippen LogP contribution >= 0.6 is 11.6 Å². The molecule has 3 aromatic rings. The molecule has 1 aliphatic heterocycles. The van der Waals surface area contributed by atoms with Gasteiger partial charge in [-0.2, -0.15) is 0 Å². The third-order valence-corrected chi connectivity index (χ3v) is 4.98. The van der Waals surface area contributed by atoms with Crippen molar-refractivity contribution in [1.82, 2.24) is 0 Å². The minimum atomic E-state index is -0.127. The van der Waals surface area contributed by atoms with E-state index in [1.165, 1.54) is 5.56 Å². The highest BCUT2D eigenvalue weighted by Gasteiger charge is 2.30. The van der Waals surface area contributed by atoms with E-state index in [-0.39, 0.29) is 11.5 Å². The molecule has 0 aromatic heterocycles. The Morgan fingerprint density at radius 2 is 1.82 bits per heavy atom. The van der Waals surface area contributed by atoms with Crippen molar-refractivity contribution in [2.75, 3.05) is 0 Å². The number of hydrogen-bond acceptors (Lipinski definition) is 3. The summed E-state index contributed by atoms with van der Waals surface area (Å²) in [6.45, 7) is 4.41. The second-order valence-corrected chi connectivity index (χ2v) is 7.26. The quantitative estimate of drug-likeness (QED) is 0.501. The van der Waals surface area contributed by atoms with Crippen LogP contribution in [0.1, 0.15) is 32.6 Å². The largest absolute Gasteiger partial charge is 0.489 e. The summed E-state index contributed by atoms with van der Waals surface area (Å²) >= 11 is 6.03. The Labute approximate surface area is 169 Å². The molecule has 0 aliphatic carbocycles. The Balaban J connectivity index is 1.58. The molecule has 0 atom stereocenters. The van der Waals surface area contributed by atoms with E-state index in [0.29, 0.717) is 28.7 Å². The first-order chi connectivity index (χ1) is 13.5. The topological polar surface area (TPSA) is 35.5 Å². The Hall–Kier alpha value is -3.04. The van der Waals surface area contributed by atoms with Crippen molar-refractivity contribution < 1.29 is 14.3 Å². The van der Waals surface area contributed by atoms with Gasteiger partial charge >= 0.3 is 0 Å². The molecule has 0 bridgehead atoms. The first kappa shape index (κ1) is 18.3. The molecular weight excluding hydrogens is 372 g/mol. The number of Topliss-reactive ketones (excluding diaryl/α,β-unsaturated/α-hetero) is 1. The molecular formula is C24H19ClO3. The molecule has 1 aliphatic rings. The van der Waals surface area contributed by atoms with Gasteiger partial charge in [0.15, 0.2) is 5.76 Å². The van der Waals surface area contributed by atoms with Crippen LogP contribution in [0.5, 0.6) is 11.5 Å². The summed E-state index contributed by atoms with van der Waals surface area (Å²) < 4.78 is 11.8. The number of rotatable bonds is 4. The van der Waals surface area contributed by atoms with Gasteiger partial charge in [-0.15, -0.1) is 0 Å². The number of halogens is 1. The Bertz CT molecular complexity index is 1100. The number of carbonyl (C=O) groups excluding carboxylic acids is 1. The van der Waals surface area contributed by atoms with Crippen LogP contribution in [-0.4, -0.2) is 5.78 Å². The molecule has 3 nitrogen and oxygen atoms in total. The van der Waals surface area contributed by atoms with Gasteiger partial charge < -0.3 is 9.47 Å². The van der Waals surface area contributed by atoms with E-state index in [2.05, 4.69) is 13.0 Å². The highest BCUT2D eigenvalue weighted by Crippen LogP contribution is 2.37. The standard InChI is InChI=1S/C24H19ClO3/c1-15-6-3-4-8-18(15)14-27-20-10-16(2)23-21(13-20)28-22(24(23)26)12-17-7-5-9-19(25)11-17/h3-13H,14H2,1-2H3/b22-12-. The molecule has 0 saturated carbocycles. The molecule has 0 saturated heterocycles. The molecule has 4 heteroatoms. The van der Waals surface area contributed by atoms with E-state index in [1.807, 2.05) is 43.3 Å². The van der Waals surface area contributed by atoms with Crippen molar-refractivity contribution in [3.05, 3.63) is 99.3 Å². The lowest BCUT2D eigenvalue weighted by Crippen LogP contribution is -2.00. The maximum Gasteiger partial charge on any atom is 0.232 e. The molecule has 0 fully saturated rings. The molecule has 0 unspecified atom stereocenters. The van der Waals surface area contributed by atoms with Crippen LogP contribution in [-0.2, 0) is 6.61 Å². The van der Waals surface area contributed by atoms with Gasteiger partial charge in [0.05, 0.1) is 5.56 Å². The van der Waals surface area contributed by atoms with Crippen molar-refractivity contribution in [3.8, 4) is 11.5 Å². The summed E-state index contributed by atoms with van der Waals surface area (Å²) in [7, 11) is 0. The van der Waals surface area contributed by atoms with Crippen molar-refractivity contribution >= 4 is 23.5 Å². The summed E-state index contributed by atoms with van der Waals surface area (Å²) in [4.78, 5) is 12.8. The first-order valence-corrected chi connectivity index (χ1v) is 9.41. The summed E-state index contributed by atoms with van der Waals surface area (Å²) in [6.07, 6.45) is 1.71. The summed E-state index contributed by atoms with van der Waals surface area (Å²) in [5.74, 6) is 1.36. The molecule has 0 radical (unpaired) electrons. The molecule has 1 heterocycles. The lowest BCUT2D eigenvalue weighted by molar-refractivity contribution is 0.101. The Kier molecular flexibility index (Phi) is 4.93. The van der Waals surface area contributed by atoms with E-state index in [0.717, 1.165) is 16.7 Å². The summed E-state index contributed by atoms with van der Waals surface area (Å²) in [6, 6.07) is 19.0. The summed E-state index contributed by atoms with van der Waals surface area (Å²) in [5.41, 5.74) is 4.53. The highest BCUT2D eigenvalue weighted by atomic mass is 35.5. The van der Waals surface area contributed by atoms with Gasteiger partial charge in [0.2, 0.25) is 5.78 Å².